The summed E-state index contributed by atoms with van der Waals surface area (Å²) in [5.74, 6) is 0. The lowest BCUT2D eigenvalue weighted by molar-refractivity contribution is -0.143. The van der Waals surface area contributed by atoms with E-state index in [1.54, 1.807) is 13.8 Å². The third-order valence-electron chi connectivity index (χ3n) is 3.10. The molecule has 0 fully saturated rings. The maximum Gasteiger partial charge on any atom is 0.433 e. The average molecular weight is 347 g/mol. The van der Waals surface area contributed by atoms with Crippen LogP contribution in [0.25, 0.3) is 5.69 Å². The fraction of sp³-hybridized carbons (Fsp3) is 0.357. The van der Waals surface area contributed by atoms with Crippen LogP contribution in [0.1, 0.15) is 27.9 Å². The molecule has 1 heterocycles. The Hall–Kier alpha value is -1.30. The van der Waals surface area contributed by atoms with E-state index >= 15 is 0 Å². The van der Waals surface area contributed by atoms with Gasteiger partial charge in [0.15, 0.2) is 5.69 Å². The van der Waals surface area contributed by atoms with Crippen molar-refractivity contribution in [1.82, 2.24) is 9.78 Å². The van der Waals surface area contributed by atoms with Gasteiger partial charge in [0.1, 0.15) is 0 Å². The Morgan fingerprint density at radius 2 is 1.70 bits per heavy atom. The summed E-state index contributed by atoms with van der Waals surface area (Å²) in [6.07, 6.45) is -3.18. The molecule has 2 aromatic rings. The second kappa shape index (κ2) is 5.24. The summed E-state index contributed by atoms with van der Waals surface area (Å²) in [5, 5.41) is 4.06. The minimum Gasteiger partial charge on any atom is -0.228 e. The Labute approximate surface area is 123 Å². The number of rotatable bonds is 2. The van der Waals surface area contributed by atoms with Crippen LogP contribution in [0.5, 0.6) is 0 Å². The van der Waals surface area contributed by atoms with E-state index in [0.717, 1.165) is 21.4 Å². The third kappa shape index (κ3) is 2.61. The molecule has 0 saturated heterocycles. The number of hydrogen-bond donors (Lipinski definition) is 0. The number of aryl methyl sites for hydroxylation is 3. The molecule has 0 aliphatic heterocycles. The number of hydrogen-bond acceptors (Lipinski definition) is 1. The molecule has 0 aliphatic rings. The molecule has 0 saturated carbocycles. The Morgan fingerprint density at radius 3 is 2.15 bits per heavy atom. The largest absolute Gasteiger partial charge is 0.433 e. The highest BCUT2D eigenvalue weighted by molar-refractivity contribution is 9.08. The lowest BCUT2D eigenvalue weighted by Crippen LogP contribution is -2.16. The zero-order valence-corrected chi connectivity index (χ0v) is 12.9. The van der Waals surface area contributed by atoms with Gasteiger partial charge in [-0.25, -0.2) is 4.68 Å². The molecule has 1 aromatic carbocycles. The number of nitrogens with zero attached hydrogens (tertiary/aromatic N) is 2. The molecule has 1 aromatic heterocycles. The van der Waals surface area contributed by atoms with Gasteiger partial charge in [-0.15, -0.1) is 0 Å². The summed E-state index contributed by atoms with van der Waals surface area (Å²) in [6.45, 7) is 5.51. The summed E-state index contributed by atoms with van der Waals surface area (Å²) in [7, 11) is 0. The van der Waals surface area contributed by atoms with Crippen molar-refractivity contribution in [2.45, 2.75) is 32.3 Å². The summed E-state index contributed by atoms with van der Waals surface area (Å²) < 4.78 is 40.8. The molecule has 2 rings (SSSR count). The highest BCUT2D eigenvalue weighted by Gasteiger charge is 2.38. The van der Waals surface area contributed by atoms with Crippen LogP contribution in [0, 0.1) is 20.8 Å². The maximum absolute atomic E-state index is 13.3. The lowest BCUT2D eigenvalue weighted by Gasteiger charge is -2.16. The molecule has 2 nitrogen and oxygen atoms in total. The van der Waals surface area contributed by atoms with Gasteiger partial charge in [-0.05, 0) is 31.9 Å². The summed E-state index contributed by atoms with van der Waals surface area (Å²) in [6, 6.07) is 3.72. The van der Waals surface area contributed by atoms with Crippen molar-refractivity contribution in [1.29, 1.82) is 0 Å². The van der Waals surface area contributed by atoms with Crippen LogP contribution >= 0.6 is 15.9 Å². The van der Waals surface area contributed by atoms with Crippen molar-refractivity contribution in [3.63, 3.8) is 0 Å². The third-order valence-corrected chi connectivity index (χ3v) is 3.71. The van der Waals surface area contributed by atoms with Crippen molar-refractivity contribution < 1.29 is 13.2 Å². The van der Waals surface area contributed by atoms with Crippen molar-refractivity contribution in [3.8, 4) is 5.69 Å². The van der Waals surface area contributed by atoms with Crippen LogP contribution in [0.15, 0.2) is 18.3 Å². The van der Waals surface area contributed by atoms with Crippen LogP contribution < -0.4 is 0 Å². The molecule has 0 bridgehead atoms. The van der Waals surface area contributed by atoms with Gasteiger partial charge in [0.25, 0.3) is 0 Å². The van der Waals surface area contributed by atoms with E-state index in [9.17, 15) is 13.2 Å². The lowest BCUT2D eigenvalue weighted by atomic mass is 10.0. The highest BCUT2D eigenvalue weighted by atomic mass is 79.9. The Morgan fingerprint density at radius 1 is 1.15 bits per heavy atom. The van der Waals surface area contributed by atoms with Gasteiger partial charge >= 0.3 is 6.18 Å². The average Bonchev–Trinajstić information content (AvgIpc) is 2.70. The molecule has 0 N–H and O–H groups in total. The van der Waals surface area contributed by atoms with Gasteiger partial charge in [0.05, 0.1) is 11.9 Å². The van der Waals surface area contributed by atoms with Crippen LogP contribution in [-0.2, 0) is 11.5 Å². The van der Waals surface area contributed by atoms with E-state index in [1.165, 1.54) is 6.20 Å². The first kappa shape index (κ1) is 15.1. The minimum atomic E-state index is -4.44. The predicted octanol–water partition coefficient (Wildman–Crippen LogP) is 4.71. The van der Waals surface area contributed by atoms with Crippen LogP contribution in [0.3, 0.4) is 0 Å². The van der Waals surface area contributed by atoms with Gasteiger partial charge in [-0.2, -0.15) is 18.3 Å². The quantitative estimate of drug-likeness (QED) is 0.720. The van der Waals surface area contributed by atoms with E-state index in [4.69, 9.17) is 0 Å². The molecule has 20 heavy (non-hydrogen) atoms. The topological polar surface area (TPSA) is 17.8 Å². The zero-order chi connectivity index (χ0) is 15.1. The fourth-order valence-corrected chi connectivity index (χ4v) is 2.87. The van der Waals surface area contributed by atoms with Gasteiger partial charge in [-0.3, -0.25) is 0 Å². The standard InChI is InChI=1S/C14H14BrF3N2/c1-8-4-9(2)12(10(3)5-8)20-13(14(16,17)18)11(6-15)7-19-20/h4-5,7H,6H2,1-3H3. The molecular formula is C14H14BrF3N2. The molecule has 0 atom stereocenters. The van der Waals surface area contributed by atoms with E-state index in [1.807, 2.05) is 19.1 Å². The second-order valence-corrected chi connectivity index (χ2v) is 5.37. The molecule has 108 valence electrons. The maximum atomic E-state index is 13.3. The molecule has 0 spiro atoms. The highest BCUT2D eigenvalue weighted by Crippen LogP contribution is 2.35. The first-order valence-corrected chi connectivity index (χ1v) is 7.16. The van der Waals surface area contributed by atoms with Crippen LogP contribution in [0.2, 0.25) is 0 Å². The molecule has 0 radical (unpaired) electrons. The minimum absolute atomic E-state index is 0.117. The van der Waals surface area contributed by atoms with Gasteiger partial charge < -0.3 is 0 Å². The van der Waals surface area contributed by atoms with Gasteiger partial charge in [-0.1, -0.05) is 33.6 Å². The van der Waals surface area contributed by atoms with E-state index in [0.29, 0.717) is 5.69 Å². The van der Waals surface area contributed by atoms with Gasteiger partial charge in [0, 0.05) is 10.9 Å². The normalized spacial score (nSPS) is 11.9. The van der Waals surface area contributed by atoms with Gasteiger partial charge in [0.2, 0.25) is 0 Å². The van der Waals surface area contributed by atoms with E-state index < -0.39 is 11.9 Å². The van der Waals surface area contributed by atoms with E-state index in [-0.39, 0.29) is 10.9 Å². The second-order valence-electron chi connectivity index (χ2n) is 4.81. The molecular weight excluding hydrogens is 333 g/mol. The summed E-state index contributed by atoms with van der Waals surface area (Å²) in [4.78, 5) is 0. The monoisotopic (exact) mass is 346 g/mol. The van der Waals surface area contributed by atoms with Crippen molar-refractivity contribution in [3.05, 3.63) is 46.3 Å². The first-order chi connectivity index (χ1) is 9.25. The smallest absolute Gasteiger partial charge is 0.228 e. The molecule has 0 unspecified atom stereocenters. The summed E-state index contributed by atoms with van der Waals surface area (Å²) >= 11 is 3.08. The molecule has 0 amide bonds. The SMILES string of the molecule is Cc1cc(C)c(-n2ncc(CBr)c2C(F)(F)F)c(C)c1. The predicted molar refractivity (Wildman–Crippen MR) is 75.4 cm³/mol. The Bertz CT molecular complexity index is 621. The fourth-order valence-electron chi connectivity index (χ4n) is 2.46. The van der Waals surface area contributed by atoms with Crippen LogP contribution in [-0.4, -0.2) is 9.78 Å². The molecule has 6 heteroatoms. The van der Waals surface area contributed by atoms with Crippen LogP contribution in [0.4, 0.5) is 13.2 Å². The number of halogens is 4. The molecule has 0 aliphatic carbocycles. The zero-order valence-electron chi connectivity index (χ0n) is 11.3. The van der Waals surface area contributed by atoms with Crippen molar-refractivity contribution >= 4 is 15.9 Å². The first-order valence-electron chi connectivity index (χ1n) is 6.04. The number of benzene rings is 1. The van der Waals surface area contributed by atoms with Crippen molar-refractivity contribution in [2.75, 3.05) is 0 Å². The van der Waals surface area contributed by atoms with E-state index in [2.05, 4.69) is 21.0 Å². The summed E-state index contributed by atoms with van der Waals surface area (Å²) in [5.41, 5.74) is 2.48. The van der Waals surface area contributed by atoms with Crippen molar-refractivity contribution in [2.24, 2.45) is 0 Å². The number of aromatic nitrogens is 2. The Balaban J connectivity index is 2.75. The number of alkyl halides is 4. The Kier molecular flexibility index (Phi) is 3.95.